The van der Waals surface area contributed by atoms with E-state index in [1.54, 1.807) is 45.0 Å². The molecule has 1 rings (SSSR count). The van der Waals surface area contributed by atoms with E-state index in [9.17, 15) is 14.4 Å². The number of carbonyl (C=O) groups is 3. The molecule has 0 spiro atoms. The van der Waals surface area contributed by atoms with Gasteiger partial charge in [0.05, 0.1) is 33.0 Å². The number of alkyl carbamates (subject to hydrolysis) is 1. The van der Waals surface area contributed by atoms with Crippen LogP contribution in [-0.2, 0) is 23.8 Å². The average molecular weight is 367 g/mol. The summed E-state index contributed by atoms with van der Waals surface area (Å²) in [5.41, 5.74) is 0.505. The smallest absolute Gasteiger partial charge is 0.407 e. The number of hydrogen-bond acceptors (Lipinski definition) is 7. The molecule has 0 fully saturated rings. The molecule has 0 aromatic heterocycles. The number of benzene rings is 1. The highest BCUT2D eigenvalue weighted by atomic mass is 16.6. The van der Waals surface area contributed by atoms with Crippen molar-refractivity contribution >= 4 is 18.0 Å². The molecule has 1 aromatic rings. The predicted octanol–water partition coefficient (Wildman–Crippen LogP) is 2.22. The Kier molecular flexibility index (Phi) is 8.97. The minimum atomic E-state index is -1.37. The maximum atomic E-state index is 12.4. The molecule has 8 heteroatoms. The van der Waals surface area contributed by atoms with Crippen molar-refractivity contribution in [3.8, 4) is 5.75 Å². The molecule has 26 heavy (non-hydrogen) atoms. The van der Waals surface area contributed by atoms with Gasteiger partial charge >= 0.3 is 18.0 Å². The Morgan fingerprint density at radius 1 is 0.885 bits per heavy atom. The summed E-state index contributed by atoms with van der Waals surface area (Å²) >= 11 is 0. The molecule has 0 aliphatic rings. The van der Waals surface area contributed by atoms with Gasteiger partial charge in [0, 0.05) is 0 Å². The number of esters is 2. The molecule has 0 radical (unpaired) electrons. The predicted molar refractivity (Wildman–Crippen MR) is 92.6 cm³/mol. The Morgan fingerprint density at radius 2 is 1.38 bits per heavy atom. The van der Waals surface area contributed by atoms with Crippen LogP contribution in [0.4, 0.5) is 4.79 Å². The number of hydrogen-bond donors (Lipinski definition) is 1. The lowest BCUT2D eigenvalue weighted by molar-refractivity contribution is -0.163. The Labute approximate surface area is 152 Å². The third kappa shape index (κ3) is 5.94. The van der Waals surface area contributed by atoms with Crippen molar-refractivity contribution < 1.29 is 33.3 Å². The second-order valence-electron chi connectivity index (χ2n) is 5.10. The van der Waals surface area contributed by atoms with Gasteiger partial charge in [-0.25, -0.2) is 4.79 Å². The number of methoxy groups -OCH3 is 1. The van der Waals surface area contributed by atoms with E-state index in [1.165, 1.54) is 7.11 Å². The second-order valence-corrected chi connectivity index (χ2v) is 5.10. The third-order valence-corrected chi connectivity index (χ3v) is 3.44. The lowest BCUT2D eigenvalue weighted by Gasteiger charge is -2.25. The zero-order valence-electron chi connectivity index (χ0n) is 15.4. The van der Waals surface area contributed by atoms with Gasteiger partial charge in [-0.2, -0.15) is 0 Å². The SMILES string of the molecule is CCOC(=O)N[C@@H](c1ccc(OC)cc1)C(C(=O)OCC)C(=O)OCC. The molecule has 0 bridgehead atoms. The molecule has 144 valence electrons. The normalized spacial score (nSPS) is 11.4. The van der Waals surface area contributed by atoms with Gasteiger partial charge in [-0.15, -0.1) is 0 Å². The Hall–Kier alpha value is -2.77. The van der Waals surface area contributed by atoms with Crippen LogP contribution >= 0.6 is 0 Å². The molecule has 1 atom stereocenters. The summed E-state index contributed by atoms with van der Waals surface area (Å²) < 4.78 is 20.0. The van der Waals surface area contributed by atoms with E-state index in [2.05, 4.69) is 5.32 Å². The van der Waals surface area contributed by atoms with E-state index >= 15 is 0 Å². The molecular weight excluding hydrogens is 342 g/mol. The van der Waals surface area contributed by atoms with Gasteiger partial charge in [-0.1, -0.05) is 12.1 Å². The molecule has 0 saturated heterocycles. The van der Waals surface area contributed by atoms with E-state index in [-0.39, 0.29) is 19.8 Å². The zero-order valence-corrected chi connectivity index (χ0v) is 15.4. The number of ether oxygens (including phenoxy) is 4. The number of nitrogens with one attached hydrogen (secondary N) is 1. The van der Waals surface area contributed by atoms with Gasteiger partial charge in [0.1, 0.15) is 5.75 Å². The summed E-state index contributed by atoms with van der Waals surface area (Å²) in [7, 11) is 1.52. The van der Waals surface area contributed by atoms with Gasteiger partial charge in [0.15, 0.2) is 5.92 Å². The van der Waals surface area contributed by atoms with Crippen molar-refractivity contribution in [2.75, 3.05) is 26.9 Å². The minimum Gasteiger partial charge on any atom is -0.497 e. The summed E-state index contributed by atoms with van der Waals surface area (Å²) in [4.78, 5) is 36.7. The van der Waals surface area contributed by atoms with Gasteiger partial charge in [0.25, 0.3) is 0 Å². The number of amides is 1. The maximum Gasteiger partial charge on any atom is 0.407 e. The van der Waals surface area contributed by atoms with Crippen LogP contribution in [0.15, 0.2) is 24.3 Å². The first kappa shape index (κ1) is 21.3. The standard InChI is InChI=1S/C18H25NO7/c1-5-24-16(20)14(17(21)25-6-2)15(19-18(22)26-7-3)12-8-10-13(23-4)11-9-12/h8-11,14-15H,5-7H2,1-4H3,(H,19,22)/t15-/m0/s1. The molecule has 1 N–H and O–H groups in total. The number of rotatable bonds is 9. The van der Waals surface area contributed by atoms with Crippen molar-refractivity contribution in [3.05, 3.63) is 29.8 Å². The summed E-state index contributed by atoms with van der Waals surface area (Å²) in [6, 6.07) is 5.58. The molecule has 0 aliphatic heterocycles. The van der Waals surface area contributed by atoms with Crippen molar-refractivity contribution in [1.82, 2.24) is 5.32 Å². The molecule has 0 heterocycles. The Bertz CT molecular complexity index is 582. The van der Waals surface area contributed by atoms with E-state index in [0.717, 1.165) is 0 Å². The van der Waals surface area contributed by atoms with Crippen LogP contribution in [0, 0.1) is 5.92 Å². The van der Waals surface area contributed by atoms with Crippen molar-refractivity contribution in [1.29, 1.82) is 0 Å². The highest BCUT2D eigenvalue weighted by Gasteiger charge is 2.39. The molecule has 0 unspecified atom stereocenters. The topological polar surface area (TPSA) is 100 Å². The summed E-state index contributed by atoms with van der Waals surface area (Å²) in [6.45, 7) is 5.22. The van der Waals surface area contributed by atoms with Gasteiger partial charge in [-0.3, -0.25) is 9.59 Å². The van der Waals surface area contributed by atoms with E-state index < -0.39 is 30.0 Å². The average Bonchev–Trinajstić information content (AvgIpc) is 2.62. The zero-order chi connectivity index (χ0) is 19.5. The second kappa shape index (κ2) is 11.0. The van der Waals surface area contributed by atoms with Crippen LogP contribution in [0.25, 0.3) is 0 Å². The molecule has 1 amide bonds. The molecular formula is C18H25NO7. The molecule has 1 aromatic carbocycles. The van der Waals surface area contributed by atoms with Crippen LogP contribution in [0.5, 0.6) is 5.75 Å². The third-order valence-electron chi connectivity index (χ3n) is 3.44. The van der Waals surface area contributed by atoms with Crippen LogP contribution in [0.2, 0.25) is 0 Å². The monoisotopic (exact) mass is 367 g/mol. The van der Waals surface area contributed by atoms with Crippen LogP contribution in [-0.4, -0.2) is 45.0 Å². The minimum absolute atomic E-state index is 0.0868. The van der Waals surface area contributed by atoms with E-state index in [0.29, 0.717) is 11.3 Å². The Morgan fingerprint density at radius 3 is 1.81 bits per heavy atom. The summed E-state index contributed by atoms with van der Waals surface area (Å²) in [5.74, 6) is -2.35. The van der Waals surface area contributed by atoms with Gasteiger partial charge < -0.3 is 24.3 Å². The fraction of sp³-hybridized carbons (Fsp3) is 0.500. The Balaban J connectivity index is 3.27. The van der Waals surface area contributed by atoms with E-state index in [4.69, 9.17) is 18.9 Å². The first-order valence-electron chi connectivity index (χ1n) is 8.38. The molecule has 0 aliphatic carbocycles. The lowest BCUT2D eigenvalue weighted by Crippen LogP contribution is -2.42. The van der Waals surface area contributed by atoms with Gasteiger partial charge in [-0.05, 0) is 38.5 Å². The fourth-order valence-electron chi connectivity index (χ4n) is 2.30. The van der Waals surface area contributed by atoms with Crippen molar-refractivity contribution in [2.24, 2.45) is 5.92 Å². The maximum absolute atomic E-state index is 12.4. The van der Waals surface area contributed by atoms with Crippen LogP contribution in [0.3, 0.4) is 0 Å². The lowest BCUT2D eigenvalue weighted by atomic mass is 9.92. The molecule has 8 nitrogen and oxygen atoms in total. The van der Waals surface area contributed by atoms with Crippen molar-refractivity contribution in [3.63, 3.8) is 0 Å². The highest BCUT2D eigenvalue weighted by molar-refractivity contribution is 5.96. The first-order valence-corrected chi connectivity index (χ1v) is 8.38. The summed E-state index contributed by atoms with van der Waals surface area (Å²) in [6.07, 6.45) is -0.757. The van der Waals surface area contributed by atoms with Crippen LogP contribution in [0.1, 0.15) is 32.4 Å². The van der Waals surface area contributed by atoms with Crippen LogP contribution < -0.4 is 10.1 Å². The first-order chi connectivity index (χ1) is 12.5. The number of carbonyl (C=O) groups excluding carboxylic acids is 3. The van der Waals surface area contributed by atoms with Crippen molar-refractivity contribution in [2.45, 2.75) is 26.8 Å². The quantitative estimate of drug-likeness (QED) is 0.406. The summed E-state index contributed by atoms with van der Waals surface area (Å²) in [5, 5.41) is 2.55. The largest absolute Gasteiger partial charge is 0.497 e. The highest BCUT2D eigenvalue weighted by Crippen LogP contribution is 2.27. The van der Waals surface area contributed by atoms with E-state index in [1.807, 2.05) is 0 Å². The molecule has 0 saturated carbocycles. The fourth-order valence-corrected chi connectivity index (χ4v) is 2.30. The van der Waals surface area contributed by atoms with Gasteiger partial charge in [0.2, 0.25) is 0 Å².